The molecule has 0 aromatic carbocycles. The number of urea groups is 1. The van der Waals surface area contributed by atoms with Gasteiger partial charge in [-0.1, -0.05) is 0 Å². The van der Waals surface area contributed by atoms with Crippen molar-refractivity contribution in [3.63, 3.8) is 0 Å². The molecule has 0 bridgehead atoms. The van der Waals surface area contributed by atoms with Crippen LogP contribution in [-0.2, 0) is 11.3 Å². The summed E-state index contributed by atoms with van der Waals surface area (Å²) in [5.41, 5.74) is 0. The molecule has 1 fully saturated rings. The van der Waals surface area contributed by atoms with Gasteiger partial charge in [-0.05, 0) is 0 Å². The number of carbonyl (C=O) groups is 1. The number of amides is 2. The van der Waals surface area contributed by atoms with Gasteiger partial charge in [0.25, 0.3) is 0 Å². The summed E-state index contributed by atoms with van der Waals surface area (Å²) >= 11 is 0. The SMILES string of the molecule is O=C(NCCn1ccnc1)N1CCOCC1. The highest BCUT2D eigenvalue weighted by Crippen LogP contribution is 1.96. The van der Waals surface area contributed by atoms with E-state index >= 15 is 0 Å². The zero-order valence-electron chi connectivity index (χ0n) is 9.13. The Hall–Kier alpha value is -1.56. The summed E-state index contributed by atoms with van der Waals surface area (Å²) in [6.07, 6.45) is 5.34. The van der Waals surface area contributed by atoms with Crippen molar-refractivity contribution in [2.45, 2.75) is 6.54 Å². The van der Waals surface area contributed by atoms with Crippen molar-refractivity contribution in [2.24, 2.45) is 0 Å². The van der Waals surface area contributed by atoms with Gasteiger partial charge in [0, 0.05) is 38.6 Å². The molecule has 0 atom stereocenters. The van der Waals surface area contributed by atoms with Crippen LogP contribution in [0.2, 0.25) is 0 Å². The van der Waals surface area contributed by atoms with Crippen LogP contribution in [-0.4, -0.2) is 53.3 Å². The van der Waals surface area contributed by atoms with Crippen molar-refractivity contribution in [1.82, 2.24) is 19.8 Å². The van der Waals surface area contributed by atoms with E-state index in [1.807, 2.05) is 10.8 Å². The highest BCUT2D eigenvalue weighted by molar-refractivity contribution is 5.74. The topological polar surface area (TPSA) is 59.4 Å². The molecule has 0 saturated carbocycles. The second-order valence-corrected chi connectivity index (χ2v) is 3.63. The molecule has 1 saturated heterocycles. The zero-order valence-corrected chi connectivity index (χ0v) is 9.13. The normalized spacial score (nSPS) is 16.1. The molecule has 1 N–H and O–H groups in total. The third-order valence-electron chi connectivity index (χ3n) is 2.50. The first-order chi connectivity index (χ1) is 7.86. The minimum atomic E-state index is -0.0107. The standard InChI is InChI=1S/C10H16N4O2/c15-10(14-5-7-16-8-6-14)12-2-4-13-3-1-11-9-13/h1,3,9H,2,4-8H2,(H,12,15). The quantitative estimate of drug-likeness (QED) is 0.781. The number of rotatable bonds is 3. The van der Waals surface area contributed by atoms with E-state index in [-0.39, 0.29) is 6.03 Å². The molecule has 88 valence electrons. The van der Waals surface area contributed by atoms with Gasteiger partial charge < -0.3 is 19.5 Å². The third-order valence-corrected chi connectivity index (χ3v) is 2.50. The fourth-order valence-electron chi connectivity index (χ4n) is 1.59. The number of hydrogen-bond donors (Lipinski definition) is 1. The lowest BCUT2D eigenvalue weighted by molar-refractivity contribution is 0.0532. The fourth-order valence-corrected chi connectivity index (χ4v) is 1.59. The van der Waals surface area contributed by atoms with E-state index in [1.54, 1.807) is 17.4 Å². The second kappa shape index (κ2) is 5.50. The summed E-state index contributed by atoms with van der Waals surface area (Å²) in [4.78, 5) is 17.4. The first kappa shape index (κ1) is 10.9. The molecule has 0 radical (unpaired) electrons. The smallest absolute Gasteiger partial charge is 0.317 e. The predicted molar refractivity (Wildman–Crippen MR) is 58.0 cm³/mol. The number of morpholine rings is 1. The van der Waals surface area contributed by atoms with Gasteiger partial charge in [0.2, 0.25) is 0 Å². The van der Waals surface area contributed by atoms with Crippen molar-refractivity contribution >= 4 is 6.03 Å². The van der Waals surface area contributed by atoms with Gasteiger partial charge in [0.15, 0.2) is 0 Å². The zero-order chi connectivity index (χ0) is 11.2. The maximum atomic E-state index is 11.7. The number of imidazole rings is 1. The number of nitrogens with one attached hydrogen (secondary N) is 1. The summed E-state index contributed by atoms with van der Waals surface area (Å²) in [6.45, 7) is 3.99. The molecular weight excluding hydrogens is 208 g/mol. The van der Waals surface area contributed by atoms with Gasteiger partial charge in [-0.25, -0.2) is 9.78 Å². The molecule has 2 rings (SSSR count). The van der Waals surface area contributed by atoms with Crippen molar-refractivity contribution in [3.8, 4) is 0 Å². The van der Waals surface area contributed by atoms with Crippen molar-refractivity contribution in [2.75, 3.05) is 32.8 Å². The number of aromatic nitrogens is 2. The second-order valence-electron chi connectivity index (χ2n) is 3.63. The molecule has 0 aliphatic carbocycles. The van der Waals surface area contributed by atoms with E-state index in [9.17, 15) is 4.79 Å². The van der Waals surface area contributed by atoms with E-state index in [0.29, 0.717) is 32.8 Å². The fraction of sp³-hybridized carbons (Fsp3) is 0.600. The summed E-state index contributed by atoms with van der Waals surface area (Å²) in [5.74, 6) is 0. The largest absolute Gasteiger partial charge is 0.378 e. The lowest BCUT2D eigenvalue weighted by Crippen LogP contribution is -2.46. The van der Waals surface area contributed by atoms with Gasteiger partial charge in [-0.15, -0.1) is 0 Å². The summed E-state index contributed by atoms with van der Waals surface area (Å²) < 4.78 is 7.11. The van der Waals surface area contributed by atoms with E-state index < -0.39 is 0 Å². The Morgan fingerprint density at radius 3 is 2.94 bits per heavy atom. The van der Waals surface area contributed by atoms with Crippen molar-refractivity contribution in [1.29, 1.82) is 0 Å². The van der Waals surface area contributed by atoms with Gasteiger partial charge in [0.05, 0.1) is 19.5 Å². The Balaban J connectivity index is 1.67. The highest BCUT2D eigenvalue weighted by atomic mass is 16.5. The number of ether oxygens (including phenoxy) is 1. The van der Waals surface area contributed by atoms with E-state index in [2.05, 4.69) is 10.3 Å². The van der Waals surface area contributed by atoms with Crippen molar-refractivity contribution in [3.05, 3.63) is 18.7 Å². The van der Waals surface area contributed by atoms with Crippen LogP contribution in [0.15, 0.2) is 18.7 Å². The molecule has 2 amide bonds. The average Bonchev–Trinajstić information content (AvgIpc) is 2.83. The van der Waals surface area contributed by atoms with Crippen LogP contribution in [0.3, 0.4) is 0 Å². The summed E-state index contributed by atoms with van der Waals surface area (Å²) in [7, 11) is 0. The first-order valence-corrected chi connectivity index (χ1v) is 5.42. The molecule has 0 spiro atoms. The Labute approximate surface area is 94.2 Å². The maximum absolute atomic E-state index is 11.7. The van der Waals surface area contributed by atoms with Crippen molar-refractivity contribution < 1.29 is 9.53 Å². The number of carbonyl (C=O) groups excluding carboxylic acids is 1. The lowest BCUT2D eigenvalue weighted by Gasteiger charge is -2.26. The molecule has 1 aromatic rings. The minimum absolute atomic E-state index is 0.0107. The predicted octanol–water partition coefficient (Wildman–Crippen LogP) is -0.0751. The Bertz CT molecular complexity index is 320. The van der Waals surface area contributed by atoms with Crippen LogP contribution in [0.5, 0.6) is 0 Å². The molecule has 1 aliphatic rings. The molecule has 16 heavy (non-hydrogen) atoms. The van der Waals surface area contributed by atoms with Crippen LogP contribution in [0.4, 0.5) is 4.79 Å². The first-order valence-electron chi connectivity index (χ1n) is 5.42. The third kappa shape index (κ3) is 2.96. The minimum Gasteiger partial charge on any atom is -0.378 e. The maximum Gasteiger partial charge on any atom is 0.317 e. The lowest BCUT2D eigenvalue weighted by atomic mass is 10.4. The Morgan fingerprint density at radius 2 is 2.25 bits per heavy atom. The van der Waals surface area contributed by atoms with Crippen LogP contribution >= 0.6 is 0 Å². The Morgan fingerprint density at radius 1 is 1.44 bits per heavy atom. The summed E-state index contributed by atoms with van der Waals surface area (Å²) in [5, 5.41) is 2.87. The monoisotopic (exact) mass is 224 g/mol. The molecule has 1 aliphatic heterocycles. The van der Waals surface area contributed by atoms with Gasteiger partial charge in [-0.2, -0.15) is 0 Å². The van der Waals surface area contributed by atoms with E-state index in [1.165, 1.54) is 0 Å². The molecule has 2 heterocycles. The number of hydrogen-bond acceptors (Lipinski definition) is 3. The number of nitrogens with zero attached hydrogens (tertiary/aromatic N) is 3. The van der Waals surface area contributed by atoms with Crippen LogP contribution in [0.25, 0.3) is 0 Å². The van der Waals surface area contributed by atoms with Crippen LogP contribution < -0.4 is 5.32 Å². The van der Waals surface area contributed by atoms with Gasteiger partial charge in [-0.3, -0.25) is 0 Å². The van der Waals surface area contributed by atoms with E-state index in [4.69, 9.17) is 4.74 Å². The van der Waals surface area contributed by atoms with Crippen LogP contribution in [0, 0.1) is 0 Å². The van der Waals surface area contributed by atoms with Gasteiger partial charge >= 0.3 is 6.03 Å². The molecule has 6 nitrogen and oxygen atoms in total. The van der Waals surface area contributed by atoms with Gasteiger partial charge in [0.1, 0.15) is 0 Å². The molecule has 0 unspecified atom stereocenters. The molecule has 6 heteroatoms. The van der Waals surface area contributed by atoms with Crippen LogP contribution in [0.1, 0.15) is 0 Å². The van der Waals surface area contributed by atoms with E-state index in [0.717, 1.165) is 6.54 Å². The summed E-state index contributed by atoms with van der Waals surface area (Å²) in [6, 6.07) is -0.0107. The average molecular weight is 224 g/mol. The molecular formula is C10H16N4O2. The molecule has 1 aromatic heterocycles. The Kier molecular flexibility index (Phi) is 3.76. The highest BCUT2D eigenvalue weighted by Gasteiger charge is 2.15.